The maximum Gasteiger partial charge on any atom is 0.304 e. The molecule has 0 heterocycles. The Morgan fingerprint density at radius 2 is 2.08 bits per heavy atom. The minimum absolute atomic E-state index is 0.210. The minimum Gasteiger partial charge on any atom is -0.481 e. The molecule has 4 nitrogen and oxygen atoms in total. The summed E-state index contributed by atoms with van der Waals surface area (Å²) in [5.41, 5.74) is 0. The molecule has 0 aliphatic rings. The van der Waals surface area contributed by atoms with E-state index in [9.17, 15) is 4.79 Å². The molecule has 0 radical (unpaired) electrons. The second-order valence-electron chi connectivity index (χ2n) is 3.05. The fourth-order valence-electron chi connectivity index (χ4n) is 0.841. The Balaban J connectivity index is 2.96. The second kappa shape index (κ2) is 7.06. The summed E-state index contributed by atoms with van der Waals surface area (Å²) in [6.07, 6.45) is 1.27. The molecular formula is C8H18N2O2. The number of nitrogens with one attached hydrogen (secondary N) is 1. The summed E-state index contributed by atoms with van der Waals surface area (Å²) in [5.74, 6) is -0.741. The van der Waals surface area contributed by atoms with Gasteiger partial charge in [0.05, 0.1) is 6.42 Å². The molecule has 0 rings (SSSR count). The lowest BCUT2D eigenvalue weighted by Crippen LogP contribution is -2.23. The number of aliphatic carboxylic acids is 1. The Kier molecular flexibility index (Phi) is 6.70. The van der Waals surface area contributed by atoms with Crippen molar-refractivity contribution in [1.29, 1.82) is 0 Å². The van der Waals surface area contributed by atoms with Crippen LogP contribution in [0.4, 0.5) is 0 Å². The molecule has 0 fully saturated rings. The number of carboxylic acid groups (broad SMARTS) is 1. The van der Waals surface area contributed by atoms with Gasteiger partial charge in [0.1, 0.15) is 0 Å². The van der Waals surface area contributed by atoms with E-state index in [1.54, 1.807) is 0 Å². The third-order valence-electron chi connectivity index (χ3n) is 1.47. The third-order valence-corrected chi connectivity index (χ3v) is 1.47. The molecule has 0 atom stereocenters. The van der Waals surface area contributed by atoms with Crippen molar-refractivity contribution in [2.75, 3.05) is 33.7 Å². The van der Waals surface area contributed by atoms with Crippen molar-refractivity contribution in [3.05, 3.63) is 0 Å². The van der Waals surface area contributed by atoms with Crippen LogP contribution in [0.5, 0.6) is 0 Å². The maximum absolute atomic E-state index is 10.1. The Morgan fingerprint density at radius 3 is 2.58 bits per heavy atom. The van der Waals surface area contributed by atoms with Crippen LogP contribution in [0.15, 0.2) is 0 Å². The first-order chi connectivity index (χ1) is 5.63. The zero-order valence-electron chi connectivity index (χ0n) is 7.84. The van der Waals surface area contributed by atoms with Crippen molar-refractivity contribution in [2.45, 2.75) is 12.8 Å². The van der Waals surface area contributed by atoms with Crippen LogP contribution in [-0.4, -0.2) is 49.7 Å². The predicted molar refractivity (Wildman–Crippen MR) is 48.3 cm³/mol. The lowest BCUT2D eigenvalue weighted by molar-refractivity contribution is -0.136. The van der Waals surface area contributed by atoms with Gasteiger partial charge in [-0.1, -0.05) is 0 Å². The first kappa shape index (κ1) is 11.4. The van der Waals surface area contributed by atoms with Crippen molar-refractivity contribution in [1.82, 2.24) is 10.2 Å². The number of nitrogens with zero attached hydrogens (tertiary/aromatic N) is 1. The van der Waals surface area contributed by atoms with E-state index in [0.717, 1.165) is 19.5 Å². The second-order valence-corrected chi connectivity index (χ2v) is 3.05. The molecule has 0 spiro atoms. The van der Waals surface area contributed by atoms with Gasteiger partial charge in [0.15, 0.2) is 0 Å². The SMILES string of the molecule is CN(C)CCCNCCC(=O)O. The molecule has 12 heavy (non-hydrogen) atoms. The van der Waals surface area contributed by atoms with Gasteiger partial charge in [0.25, 0.3) is 0 Å². The highest BCUT2D eigenvalue weighted by atomic mass is 16.4. The molecule has 0 saturated heterocycles. The summed E-state index contributed by atoms with van der Waals surface area (Å²) in [6, 6.07) is 0. The number of rotatable bonds is 7. The van der Waals surface area contributed by atoms with Crippen LogP contribution in [0.2, 0.25) is 0 Å². The summed E-state index contributed by atoms with van der Waals surface area (Å²) >= 11 is 0. The molecule has 2 N–H and O–H groups in total. The molecule has 0 bridgehead atoms. The van der Waals surface area contributed by atoms with Crippen LogP contribution >= 0.6 is 0 Å². The molecule has 0 aliphatic carbocycles. The van der Waals surface area contributed by atoms with Crippen LogP contribution in [0, 0.1) is 0 Å². The van der Waals surface area contributed by atoms with Crippen molar-refractivity contribution in [3.63, 3.8) is 0 Å². The summed E-state index contributed by atoms with van der Waals surface area (Å²) < 4.78 is 0. The zero-order valence-corrected chi connectivity index (χ0v) is 7.84. The van der Waals surface area contributed by atoms with Crippen LogP contribution in [-0.2, 0) is 4.79 Å². The van der Waals surface area contributed by atoms with Gasteiger partial charge in [-0.2, -0.15) is 0 Å². The van der Waals surface area contributed by atoms with Crippen LogP contribution in [0.3, 0.4) is 0 Å². The van der Waals surface area contributed by atoms with Gasteiger partial charge in [0.2, 0.25) is 0 Å². The van der Waals surface area contributed by atoms with E-state index in [1.165, 1.54) is 0 Å². The standard InChI is InChI=1S/C8H18N2O2/c1-10(2)7-3-5-9-6-4-8(11)12/h9H,3-7H2,1-2H3,(H,11,12). The highest BCUT2D eigenvalue weighted by Gasteiger charge is 1.95. The lowest BCUT2D eigenvalue weighted by Gasteiger charge is -2.08. The topological polar surface area (TPSA) is 52.6 Å². The van der Waals surface area contributed by atoms with Crippen LogP contribution in [0.25, 0.3) is 0 Å². The van der Waals surface area contributed by atoms with E-state index < -0.39 is 5.97 Å². The molecule has 0 amide bonds. The molecule has 72 valence electrons. The number of carbonyl (C=O) groups is 1. The largest absolute Gasteiger partial charge is 0.481 e. The van der Waals surface area contributed by atoms with Gasteiger partial charge in [-0.25, -0.2) is 0 Å². The molecule has 0 aromatic rings. The monoisotopic (exact) mass is 174 g/mol. The molecule has 0 saturated carbocycles. The highest BCUT2D eigenvalue weighted by Crippen LogP contribution is 1.81. The number of hydrogen-bond donors (Lipinski definition) is 2. The first-order valence-corrected chi connectivity index (χ1v) is 4.20. The fraction of sp³-hybridized carbons (Fsp3) is 0.875. The number of carboxylic acids is 1. The van der Waals surface area contributed by atoms with E-state index in [4.69, 9.17) is 5.11 Å². The molecule has 0 aromatic carbocycles. The summed E-state index contributed by atoms with van der Waals surface area (Å²) in [7, 11) is 4.05. The quantitative estimate of drug-likeness (QED) is 0.533. The van der Waals surface area contributed by atoms with Gasteiger partial charge < -0.3 is 15.3 Å². The van der Waals surface area contributed by atoms with Gasteiger partial charge in [0, 0.05) is 6.54 Å². The Hall–Kier alpha value is -0.610. The van der Waals surface area contributed by atoms with Gasteiger partial charge in [-0.05, 0) is 33.6 Å². The normalized spacial score (nSPS) is 10.6. The molecular weight excluding hydrogens is 156 g/mol. The Bertz CT molecular complexity index is 126. The van der Waals surface area contributed by atoms with E-state index in [2.05, 4.69) is 10.2 Å². The fourth-order valence-corrected chi connectivity index (χ4v) is 0.841. The van der Waals surface area contributed by atoms with E-state index in [-0.39, 0.29) is 6.42 Å². The first-order valence-electron chi connectivity index (χ1n) is 4.20. The van der Waals surface area contributed by atoms with Crippen molar-refractivity contribution >= 4 is 5.97 Å². The predicted octanol–water partition coefficient (Wildman–Crippen LogP) is 0.00240. The van der Waals surface area contributed by atoms with Gasteiger partial charge >= 0.3 is 5.97 Å². The minimum atomic E-state index is -0.741. The lowest BCUT2D eigenvalue weighted by atomic mass is 10.4. The number of hydrogen-bond acceptors (Lipinski definition) is 3. The smallest absolute Gasteiger partial charge is 0.304 e. The molecule has 0 aromatic heterocycles. The van der Waals surface area contributed by atoms with E-state index in [1.807, 2.05) is 14.1 Å². The van der Waals surface area contributed by atoms with Gasteiger partial charge in [-0.3, -0.25) is 4.79 Å². The van der Waals surface area contributed by atoms with Crippen LogP contribution < -0.4 is 5.32 Å². The van der Waals surface area contributed by atoms with Crippen molar-refractivity contribution < 1.29 is 9.90 Å². The summed E-state index contributed by atoms with van der Waals surface area (Å²) in [5, 5.41) is 11.4. The maximum atomic E-state index is 10.1. The molecule has 4 heteroatoms. The average Bonchev–Trinajstić information content (AvgIpc) is 1.95. The third kappa shape index (κ3) is 9.39. The van der Waals surface area contributed by atoms with Crippen molar-refractivity contribution in [3.8, 4) is 0 Å². The van der Waals surface area contributed by atoms with Crippen molar-refractivity contribution in [2.24, 2.45) is 0 Å². The molecule has 0 aliphatic heterocycles. The van der Waals surface area contributed by atoms with Gasteiger partial charge in [-0.15, -0.1) is 0 Å². The summed E-state index contributed by atoms with van der Waals surface area (Å²) in [4.78, 5) is 12.2. The van der Waals surface area contributed by atoms with E-state index >= 15 is 0 Å². The highest BCUT2D eigenvalue weighted by molar-refractivity contribution is 5.66. The summed E-state index contributed by atoms with van der Waals surface area (Å²) in [6.45, 7) is 2.51. The van der Waals surface area contributed by atoms with Crippen LogP contribution in [0.1, 0.15) is 12.8 Å². The zero-order chi connectivity index (χ0) is 9.40. The average molecular weight is 174 g/mol. The Morgan fingerprint density at radius 1 is 1.42 bits per heavy atom. The van der Waals surface area contributed by atoms with E-state index in [0.29, 0.717) is 6.54 Å². The Labute approximate surface area is 73.6 Å². The molecule has 0 unspecified atom stereocenters.